The van der Waals surface area contributed by atoms with E-state index in [4.69, 9.17) is 9.47 Å². The third-order valence-corrected chi connectivity index (χ3v) is 10.5. The molecule has 1 aromatic carbocycles. The summed E-state index contributed by atoms with van der Waals surface area (Å²) in [4.78, 5) is 58.5. The fraction of sp³-hybridized carbons (Fsp3) is 0.515. The lowest BCUT2D eigenvalue weighted by molar-refractivity contribution is -0.140. The molecule has 47 heavy (non-hydrogen) atoms. The number of halogens is 1. The van der Waals surface area contributed by atoms with Gasteiger partial charge in [-0.3, -0.25) is 19.0 Å². The molecule has 0 radical (unpaired) electrons. The number of thiophene rings is 1. The van der Waals surface area contributed by atoms with Gasteiger partial charge in [0.25, 0.3) is 5.56 Å². The zero-order chi connectivity index (χ0) is 33.5. The van der Waals surface area contributed by atoms with Gasteiger partial charge in [-0.1, -0.05) is 11.3 Å². The van der Waals surface area contributed by atoms with Crippen molar-refractivity contribution in [1.29, 1.82) is 0 Å². The number of piperidine rings is 1. The predicted molar refractivity (Wildman–Crippen MR) is 174 cm³/mol. The zero-order valence-corrected chi connectivity index (χ0v) is 27.8. The maximum Gasteiger partial charge on any atom is 0.333 e. The molecule has 2 fully saturated rings. The Kier molecular flexibility index (Phi) is 9.16. The van der Waals surface area contributed by atoms with E-state index < -0.39 is 28.7 Å². The monoisotopic (exact) mass is 666 g/mol. The smallest absolute Gasteiger partial charge is 0.333 e. The second-order valence-electron chi connectivity index (χ2n) is 12.7. The highest BCUT2D eigenvalue weighted by atomic mass is 32.1. The average molecular weight is 667 g/mol. The summed E-state index contributed by atoms with van der Waals surface area (Å²) in [6, 6.07) is 4.10. The maximum absolute atomic E-state index is 14.8. The molecule has 1 aliphatic heterocycles. The molecule has 4 heterocycles. The molecule has 6 rings (SSSR count). The molecule has 1 amide bonds. The minimum Gasteiger partial charge on any atom is -0.496 e. The van der Waals surface area contributed by atoms with Gasteiger partial charge in [0, 0.05) is 37.1 Å². The summed E-state index contributed by atoms with van der Waals surface area (Å²) < 4.78 is 29.5. The van der Waals surface area contributed by atoms with Crippen LogP contribution in [0.4, 0.5) is 4.39 Å². The number of hydrogen-bond acceptors (Lipinski definition) is 9. The van der Waals surface area contributed by atoms with Crippen LogP contribution in [0.5, 0.6) is 5.75 Å². The number of ether oxygens (including phenoxy) is 2. The number of Topliss-reactive ketones (excluding diaryl/α,β-unsaturated/α-hetero) is 1. The molecule has 250 valence electrons. The molecule has 14 heteroatoms. The summed E-state index contributed by atoms with van der Waals surface area (Å²) >= 11 is 1.18. The Bertz CT molecular complexity index is 1910. The molecule has 12 nitrogen and oxygen atoms in total. The second-order valence-corrected chi connectivity index (χ2v) is 13.7. The minimum absolute atomic E-state index is 0.125. The number of ketones is 1. The fourth-order valence-corrected chi connectivity index (χ4v) is 7.92. The van der Waals surface area contributed by atoms with Crippen LogP contribution < -0.4 is 16.0 Å². The average Bonchev–Trinajstić information content (AvgIpc) is 3.71. The number of benzene rings is 1. The van der Waals surface area contributed by atoms with Crippen molar-refractivity contribution in [2.24, 2.45) is 0 Å². The Hall–Kier alpha value is -4.17. The Morgan fingerprint density at radius 3 is 2.43 bits per heavy atom. The highest BCUT2D eigenvalue weighted by Crippen LogP contribution is 2.36. The lowest BCUT2D eigenvalue weighted by Crippen LogP contribution is -2.57. The first-order chi connectivity index (χ1) is 22.5. The maximum atomic E-state index is 14.8. The molecule has 4 aromatic rings. The van der Waals surface area contributed by atoms with E-state index in [9.17, 15) is 23.6 Å². The quantitative estimate of drug-likeness (QED) is 0.259. The number of amides is 1. The molecule has 0 N–H and O–H groups in total. The molecule has 3 aromatic heterocycles. The van der Waals surface area contributed by atoms with E-state index in [-0.39, 0.29) is 29.7 Å². The Labute approximate surface area is 274 Å². The van der Waals surface area contributed by atoms with Gasteiger partial charge in [0.15, 0.2) is 0 Å². The minimum atomic E-state index is -1.52. The number of aryl methyl sites for hydroxylation is 1. The largest absolute Gasteiger partial charge is 0.496 e. The van der Waals surface area contributed by atoms with Crippen LogP contribution in [-0.2, 0) is 26.4 Å². The molecule has 1 unspecified atom stereocenters. The van der Waals surface area contributed by atoms with Crippen molar-refractivity contribution in [1.82, 2.24) is 29.0 Å². The Morgan fingerprint density at radius 1 is 1.09 bits per heavy atom. The number of rotatable bonds is 9. The molecule has 1 saturated heterocycles. The van der Waals surface area contributed by atoms with Crippen molar-refractivity contribution < 1.29 is 23.5 Å². The van der Waals surface area contributed by atoms with Crippen LogP contribution in [0.2, 0.25) is 0 Å². The van der Waals surface area contributed by atoms with Gasteiger partial charge in [0.1, 0.15) is 38.8 Å². The third kappa shape index (κ3) is 6.16. The first-order valence-electron chi connectivity index (χ1n) is 16.0. The standard InChI is InChI=1S/C33H39FN6O6S/c1-20-27-28(42)39(33(2,3)31(43)37-16-6-5-7-17-37)32(44)38(30(27)47-29(20)40-35-14-15-36-40)19-26(46-23-11-9-22(41)10-12-23)24-18-21(34)8-13-25(24)45-4/h8,13-15,18,23,26H,5-7,9-12,16-17,19H2,1-4H3. The van der Waals surface area contributed by atoms with Gasteiger partial charge >= 0.3 is 5.69 Å². The van der Waals surface area contributed by atoms with Crippen LogP contribution in [0.25, 0.3) is 15.2 Å². The van der Waals surface area contributed by atoms with Crippen molar-refractivity contribution in [3.05, 3.63) is 68.4 Å². The molecule has 0 bridgehead atoms. The van der Waals surface area contributed by atoms with Crippen LogP contribution in [0.1, 0.15) is 76.0 Å². The molecule has 2 aliphatic rings. The lowest BCUT2D eigenvalue weighted by atomic mass is 9.96. The number of nitrogens with zero attached hydrogens (tertiary/aromatic N) is 6. The van der Waals surface area contributed by atoms with Crippen molar-refractivity contribution in [3.63, 3.8) is 0 Å². The van der Waals surface area contributed by atoms with Crippen molar-refractivity contribution in [2.75, 3.05) is 20.2 Å². The molecular formula is C33H39FN6O6S. The highest BCUT2D eigenvalue weighted by molar-refractivity contribution is 7.21. The first-order valence-corrected chi connectivity index (χ1v) is 16.8. The number of likely N-dealkylation sites (tertiary alicyclic amines) is 1. The highest BCUT2D eigenvalue weighted by Gasteiger charge is 2.39. The summed E-state index contributed by atoms with van der Waals surface area (Å²) in [6.07, 6.45) is 6.23. The molecule has 1 saturated carbocycles. The van der Waals surface area contributed by atoms with E-state index in [0.29, 0.717) is 65.5 Å². The van der Waals surface area contributed by atoms with Gasteiger partial charge in [-0.25, -0.2) is 13.8 Å². The number of methoxy groups -OCH3 is 1. The fourth-order valence-electron chi connectivity index (χ4n) is 6.70. The molecule has 1 aliphatic carbocycles. The van der Waals surface area contributed by atoms with Crippen LogP contribution in [-0.4, -0.2) is 67.0 Å². The summed E-state index contributed by atoms with van der Waals surface area (Å²) in [5.74, 6) is -0.298. The van der Waals surface area contributed by atoms with E-state index in [1.54, 1.807) is 25.7 Å². The van der Waals surface area contributed by atoms with Gasteiger partial charge in [0.2, 0.25) is 5.91 Å². The van der Waals surface area contributed by atoms with Crippen molar-refractivity contribution in [3.8, 4) is 10.8 Å². The van der Waals surface area contributed by atoms with Crippen LogP contribution in [0.3, 0.4) is 0 Å². The van der Waals surface area contributed by atoms with Crippen LogP contribution >= 0.6 is 11.3 Å². The Balaban J connectivity index is 1.56. The number of carbonyl (C=O) groups is 2. The summed E-state index contributed by atoms with van der Waals surface area (Å²) in [5, 5.41) is 9.32. The summed E-state index contributed by atoms with van der Waals surface area (Å²) in [5.41, 5.74) is -1.86. The normalized spacial score (nSPS) is 17.0. The van der Waals surface area contributed by atoms with Crippen molar-refractivity contribution in [2.45, 2.75) is 90.0 Å². The predicted octanol–water partition coefficient (Wildman–Crippen LogP) is 4.28. The van der Waals surface area contributed by atoms with E-state index >= 15 is 0 Å². The van der Waals surface area contributed by atoms with Crippen LogP contribution in [0.15, 0.2) is 40.2 Å². The van der Waals surface area contributed by atoms with Gasteiger partial charge in [0.05, 0.1) is 37.5 Å². The number of fused-ring (bicyclic) bond motifs is 1. The molecule has 1 atom stereocenters. The summed E-state index contributed by atoms with van der Waals surface area (Å²) in [7, 11) is 1.47. The number of aromatic nitrogens is 5. The van der Waals surface area contributed by atoms with Gasteiger partial charge in [-0.2, -0.15) is 10.2 Å². The lowest BCUT2D eigenvalue weighted by Gasteiger charge is -2.35. The van der Waals surface area contributed by atoms with E-state index in [1.165, 1.54) is 58.4 Å². The summed E-state index contributed by atoms with van der Waals surface area (Å²) in [6.45, 7) is 5.95. The van der Waals surface area contributed by atoms with Crippen molar-refractivity contribution >= 4 is 33.2 Å². The molecule has 0 spiro atoms. The van der Waals surface area contributed by atoms with Gasteiger partial charge in [-0.15, -0.1) is 4.80 Å². The Morgan fingerprint density at radius 2 is 1.77 bits per heavy atom. The topological polar surface area (TPSA) is 131 Å². The number of hydrogen-bond donors (Lipinski definition) is 0. The van der Waals surface area contributed by atoms with Gasteiger partial charge < -0.3 is 14.4 Å². The van der Waals surface area contributed by atoms with E-state index in [2.05, 4.69) is 10.2 Å². The second kappa shape index (κ2) is 13.1. The first kappa shape index (κ1) is 32.8. The zero-order valence-electron chi connectivity index (χ0n) is 27.0. The van der Waals surface area contributed by atoms with Crippen LogP contribution in [0, 0.1) is 12.7 Å². The molecular weight excluding hydrogens is 627 g/mol. The van der Waals surface area contributed by atoms with E-state index in [1.807, 2.05) is 0 Å². The van der Waals surface area contributed by atoms with E-state index in [0.717, 1.165) is 23.8 Å². The SMILES string of the molecule is COc1ccc(F)cc1C(Cn1c(=O)n(C(C)(C)C(=O)N2CCCCC2)c(=O)c2c(C)c(-n3nccn3)sc21)OC1CCC(=O)CC1. The van der Waals surface area contributed by atoms with Gasteiger partial charge in [-0.05, 0) is 71.1 Å². The number of carbonyl (C=O) groups excluding carboxylic acids is 2. The third-order valence-electron chi connectivity index (χ3n) is 9.25.